The summed E-state index contributed by atoms with van der Waals surface area (Å²) < 4.78 is 7.37. The lowest BCUT2D eigenvalue weighted by Gasteiger charge is -2.35. The lowest BCUT2D eigenvalue weighted by molar-refractivity contribution is 0.164. The number of aryl methyl sites for hydroxylation is 2. The Bertz CT molecular complexity index is 867. The number of aromatic nitrogens is 2. The molecule has 32 heavy (non-hydrogen) atoms. The van der Waals surface area contributed by atoms with Gasteiger partial charge < -0.3 is 15.4 Å². The number of benzene rings is 1. The van der Waals surface area contributed by atoms with E-state index in [-0.39, 0.29) is 0 Å². The zero-order chi connectivity index (χ0) is 22.9. The molecule has 2 heterocycles. The molecular weight excluding hydrogens is 400 g/mol. The number of nitrogens with one attached hydrogen (secondary N) is 2. The van der Waals surface area contributed by atoms with Crippen LogP contribution in [0.25, 0.3) is 0 Å². The predicted octanol–water partition coefficient (Wildman–Crippen LogP) is 3.45. The third-order valence-electron chi connectivity index (χ3n) is 6.48. The molecule has 0 spiro atoms. The Kier molecular flexibility index (Phi) is 8.97. The second kappa shape index (κ2) is 11.9. The number of likely N-dealkylation sites (tertiary alicyclic amines) is 1. The van der Waals surface area contributed by atoms with E-state index in [1.807, 2.05) is 18.8 Å². The third kappa shape index (κ3) is 5.82. The maximum absolute atomic E-state index is 5.36. The van der Waals surface area contributed by atoms with Crippen molar-refractivity contribution in [2.45, 2.75) is 58.5 Å². The quantitative estimate of drug-likeness (QED) is 0.462. The molecule has 1 unspecified atom stereocenters. The molecule has 1 aliphatic rings. The summed E-state index contributed by atoms with van der Waals surface area (Å²) in [5.41, 5.74) is 5.05. The summed E-state index contributed by atoms with van der Waals surface area (Å²) in [5.74, 6) is 1.72. The van der Waals surface area contributed by atoms with Crippen LogP contribution in [0.5, 0.6) is 5.75 Å². The Morgan fingerprint density at radius 2 is 1.81 bits per heavy atom. The van der Waals surface area contributed by atoms with E-state index in [0.717, 1.165) is 56.4 Å². The fourth-order valence-corrected chi connectivity index (χ4v) is 4.69. The molecule has 1 aliphatic heterocycles. The van der Waals surface area contributed by atoms with E-state index in [4.69, 9.17) is 9.84 Å². The fraction of sp³-hybridized carbons (Fsp3) is 0.600. The Labute approximate surface area is 193 Å². The van der Waals surface area contributed by atoms with Crippen molar-refractivity contribution < 1.29 is 4.74 Å². The van der Waals surface area contributed by atoms with E-state index in [1.165, 1.54) is 36.1 Å². The third-order valence-corrected chi connectivity index (χ3v) is 6.48. The van der Waals surface area contributed by atoms with Gasteiger partial charge in [-0.1, -0.05) is 32.4 Å². The van der Waals surface area contributed by atoms with Gasteiger partial charge in [0.2, 0.25) is 0 Å². The van der Waals surface area contributed by atoms with Crippen LogP contribution in [0.15, 0.2) is 29.3 Å². The lowest BCUT2D eigenvalue weighted by atomic mass is 10.0. The summed E-state index contributed by atoms with van der Waals surface area (Å²) in [7, 11) is 5.58. The van der Waals surface area contributed by atoms with Gasteiger partial charge in [-0.2, -0.15) is 5.10 Å². The average Bonchev–Trinajstić information content (AvgIpc) is 3.16. The topological polar surface area (TPSA) is 66.7 Å². The second-order valence-electron chi connectivity index (χ2n) is 8.39. The van der Waals surface area contributed by atoms with E-state index in [2.05, 4.69) is 58.6 Å². The number of rotatable bonds is 9. The first-order chi connectivity index (χ1) is 15.6. The highest BCUT2D eigenvalue weighted by atomic mass is 16.5. The smallest absolute Gasteiger partial charge is 0.191 e. The van der Waals surface area contributed by atoms with Gasteiger partial charge in [-0.25, -0.2) is 0 Å². The van der Waals surface area contributed by atoms with Gasteiger partial charge in [-0.3, -0.25) is 14.6 Å². The van der Waals surface area contributed by atoms with E-state index in [0.29, 0.717) is 6.04 Å². The summed E-state index contributed by atoms with van der Waals surface area (Å²) in [5, 5.41) is 11.8. The van der Waals surface area contributed by atoms with Crippen LogP contribution < -0.4 is 15.4 Å². The minimum Gasteiger partial charge on any atom is -0.497 e. The first-order valence-electron chi connectivity index (χ1n) is 12.0. The van der Waals surface area contributed by atoms with Crippen molar-refractivity contribution in [1.29, 1.82) is 0 Å². The molecule has 7 heteroatoms. The molecule has 2 N–H and O–H groups in total. The van der Waals surface area contributed by atoms with Crippen LogP contribution in [0.1, 0.15) is 61.7 Å². The molecule has 176 valence electrons. The molecular formula is C25H40N6O. The zero-order valence-corrected chi connectivity index (χ0v) is 20.4. The highest BCUT2D eigenvalue weighted by Crippen LogP contribution is 2.26. The molecule has 7 nitrogen and oxygen atoms in total. The lowest BCUT2D eigenvalue weighted by Crippen LogP contribution is -2.44. The summed E-state index contributed by atoms with van der Waals surface area (Å²) >= 11 is 0. The minimum atomic E-state index is 0.301. The van der Waals surface area contributed by atoms with Gasteiger partial charge in [0.1, 0.15) is 5.75 Å². The van der Waals surface area contributed by atoms with Crippen LogP contribution in [0, 0.1) is 0 Å². The van der Waals surface area contributed by atoms with Crippen LogP contribution >= 0.6 is 0 Å². The Morgan fingerprint density at radius 1 is 1.09 bits per heavy atom. The Balaban J connectivity index is 1.68. The van der Waals surface area contributed by atoms with Crippen molar-refractivity contribution in [3.63, 3.8) is 0 Å². The molecule has 0 amide bonds. The summed E-state index contributed by atoms with van der Waals surface area (Å²) in [6, 6.07) is 8.79. The van der Waals surface area contributed by atoms with Crippen molar-refractivity contribution in [2.75, 3.05) is 33.8 Å². The number of methoxy groups -OCH3 is 1. The first kappa shape index (κ1) is 24.1. The number of piperidine rings is 1. The molecule has 1 saturated heterocycles. The number of hydrogen-bond donors (Lipinski definition) is 2. The molecule has 1 atom stereocenters. The number of aliphatic imine (C=N–C) groups is 1. The van der Waals surface area contributed by atoms with Crippen LogP contribution in [0.2, 0.25) is 0 Å². The molecule has 3 rings (SSSR count). The fourth-order valence-electron chi connectivity index (χ4n) is 4.69. The Hall–Kier alpha value is -2.54. The number of ether oxygens (including phenoxy) is 1. The summed E-state index contributed by atoms with van der Waals surface area (Å²) in [6.07, 6.45) is 5.76. The first-order valence-corrected chi connectivity index (χ1v) is 12.0. The monoisotopic (exact) mass is 440 g/mol. The highest BCUT2D eigenvalue weighted by Gasteiger charge is 2.23. The van der Waals surface area contributed by atoms with Crippen LogP contribution in [0.4, 0.5) is 0 Å². The van der Waals surface area contributed by atoms with Crippen LogP contribution in [0.3, 0.4) is 0 Å². The van der Waals surface area contributed by atoms with Crippen LogP contribution in [-0.4, -0.2) is 54.4 Å². The van der Waals surface area contributed by atoms with Gasteiger partial charge in [0.05, 0.1) is 18.8 Å². The molecule has 1 aromatic carbocycles. The molecule has 0 saturated carbocycles. The summed E-state index contributed by atoms with van der Waals surface area (Å²) in [6.45, 7) is 8.16. The second-order valence-corrected chi connectivity index (χ2v) is 8.39. The molecule has 2 aromatic rings. The molecule has 1 aromatic heterocycles. The van der Waals surface area contributed by atoms with E-state index >= 15 is 0 Å². The minimum absolute atomic E-state index is 0.301. The van der Waals surface area contributed by atoms with Gasteiger partial charge in [-0.15, -0.1) is 0 Å². The maximum Gasteiger partial charge on any atom is 0.191 e. The predicted molar refractivity (Wildman–Crippen MR) is 131 cm³/mol. The Morgan fingerprint density at radius 3 is 2.41 bits per heavy atom. The van der Waals surface area contributed by atoms with Crippen molar-refractivity contribution in [3.8, 4) is 5.75 Å². The number of guanidine groups is 1. The standard InChI is InChI=1S/C25H40N6O/c1-6-22-21(23(7-2)30(4)29-22)17-27-25(26-3)28-18-24(31-15-9-8-10-16-31)19-11-13-20(32-5)14-12-19/h11-14,24H,6-10,15-18H2,1-5H3,(H2,26,27,28). The van der Waals surface area contributed by atoms with Crippen molar-refractivity contribution in [2.24, 2.45) is 12.0 Å². The number of hydrogen-bond acceptors (Lipinski definition) is 4. The van der Waals surface area contributed by atoms with Crippen molar-refractivity contribution in [3.05, 3.63) is 46.8 Å². The van der Waals surface area contributed by atoms with Gasteiger partial charge in [0, 0.05) is 38.4 Å². The molecule has 0 radical (unpaired) electrons. The average molecular weight is 441 g/mol. The van der Waals surface area contributed by atoms with E-state index < -0.39 is 0 Å². The van der Waals surface area contributed by atoms with E-state index in [1.54, 1.807) is 7.11 Å². The maximum atomic E-state index is 5.36. The SMILES string of the molecule is CCc1nn(C)c(CC)c1CNC(=NC)NCC(c1ccc(OC)cc1)N1CCCCC1. The van der Waals surface area contributed by atoms with Crippen LogP contribution in [-0.2, 0) is 26.4 Å². The highest BCUT2D eigenvalue weighted by molar-refractivity contribution is 5.79. The van der Waals surface area contributed by atoms with Crippen molar-refractivity contribution in [1.82, 2.24) is 25.3 Å². The molecule has 0 aliphatic carbocycles. The molecule has 0 bridgehead atoms. The van der Waals surface area contributed by atoms with Gasteiger partial charge in [0.15, 0.2) is 5.96 Å². The van der Waals surface area contributed by atoms with Gasteiger partial charge in [0.25, 0.3) is 0 Å². The van der Waals surface area contributed by atoms with Gasteiger partial charge >= 0.3 is 0 Å². The van der Waals surface area contributed by atoms with Crippen molar-refractivity contribution >= 4 is 5.96 Å². The zero-order valence-electron chi connectivity index (χ0n) is 20.4. The normalized spacial score (nSPS) is 16.1. The summed E-state index contributed by atoms with van der Waals surface area (Å²) in [4.78, 5) is 7.08. The number of nitrogens with zero attached hydrogens (tertiary/aromatic N) is 4. The van der Waals surface area contributed by atoms with E-state index in [9.17, 15) is 0 Å². The largest absolute Gasteiger partial charge is 0.497 e. The molecule has 1 fully saturated rings. The van der Waals surface area contributed by atoms with Gasteiger partial charge in [-0.05, 0) is 56.5 Å².